The number of hydrogen-bond donors (Lipinski definition) is 2. The molecule has 0 spiro atoms. The SMILES string of the molecule is Cc1cc(C)cc(OCc2nnc(C(=O)Nc3cccc(C(=O)NCCN4CCOCC4)c3)s2)c1. The first-order valence-electron chi connectivity index (χ1n) is 11.5. The van der Waals surface area contributed by atoms with Crippen LogP contribution in [0.3, 0.4) is 0 Å². The molecule has 0 bridgehead atoms. The van der Waals surface area contributed by atoms with Gasteiger partial charge < -0.3 is 20.1 Å². The van der Waals surface area contributed by atoms with Crippen molar-refractivity contribution in [2.75, 3.05) is 44.7 Å². The number of aryl methyl sites for hydroxylation is 2. The maximum Gasteiger partial charge on any atom is 0.286 e. The first kappa shape index (κ1) is 24.8. The number of amides is 2. The number of nitrogens with one attached hydrogen (secondary N) is 2. The Kier molecular flexibility index (Phi) is 8.40. The molecule has 9 nitrogen and oxygen atoms in total. The number of morpholine rings is 1. The summed E-state index contributed by atoms with van der Waals surface area (Å²) in [5.74, 6) is 0.185. The van der Waals surface area contributed by atoms with Gasteiger partial charge in [0, 0.05) is 37.4 Å². The van der Waals surface area contributed by atoms with Gasteiger partial charge in [-0.05, 0) is 55.3 Å². The number of rotatable bonds is 9. The number of benzene rings is 2. The summed E-state index contributed by atoms with van der Waals surface area (Å²) >= 11 is 1.17. The third-order valence-electron chi connectivity index (χ3n) is 5.42. The molecule has 2 amide bonds. The molecule has 3 aromatic rings. The minimum atomic E-state index is -0.384. The molecule has 10 heteroatoms. The highest BCUT2D eigenvalue weighted by Crippen LogP contribution is 2.20. The average molecular weight is 496 g/mol. The summed E-state index contributed by atoms with van der Waals surface area (Å²) < 4.78 is 11.1. The summed E-state index contributed by atoms with van der Waals surface area (Å²) in [6.07, 6.45) is 0. The van der Waals surface area contributed by atoms with Crippen molar-refractivity contribution in [3.05, 3.63) is 69.2 Å². The molecular formula is C25H29N5O4S. The van der Waals surface area contributed by atoms with Crippen molar-refractivity contribution in [2.45, 2.75) is 20.5 Å². The molecule has 0 atom stereocenters. The Labute approximate surface area is 208 Å². The summed E-state index contributed by atoms with van der Waals surface area (Å²) in [4.78, 5) is 27.4. The highest BCUT2D eigenvalue weighted by Gasteiger charge is 2.15. The van der Waals surface area contributed by atoms with Gasteiger partial charge in [0.2, 0.25) is 5.01 Å². The van der Waals surface area contributed by atoms with E-state index >= 15 is 0 Å². The molecule has 2 aromatic carbocycles. The molecule has 0 aliphatic carbocycles. The van der Waals surface area contributed by atoms with Crippen molar-refractivity contribution in [1.82, 2.24) is 20.4 Å². The number of carbonyl (C=O) groups excluding carboxylic acids is 2. The lowest BCUT2D eigenvalue weighted by Crippen LogP contribution is -2.41. The quantitative estimate of drug-likeness (QED) is 0.470. The standard InChI is InChI=1S/C25H29N5O4S/c1-17-12-18(2)14-21(13-17)34-16-22-28-29-25(35-22)24(32)27-20-5-3-4-19(15-20)23(31)26-6-7-30-8-10-33-11-9-30/h3-5,12-15H,6-11,16H2,1-2H3,(H,26,31)(H,27,32). The lowest BCUT2D eigenvalue weighted by Gasteiger charge is -2.26. The van der Waals surface area contributed by atoms with Crippen molar-refractivity contribution in [2.24, 2.45) is 0 Å². The number of anilines is 1. The molecule has 0 radical (unpaired) electrons. The molecule has 0 unspecified atom stereocenters. The molecule has 1 aliphatic heterocycles. The lowest BCUT2D eigenvalue weighted by atomic mass is 10.1. The lowest BCUT2D eigenvalue weighted by molar-refractivity contribution is 0.0383. The molecular weight excluding hydrogens is 466 g/mol. The molecule has 35 heavy (non-hydrogen) atoms. The Hall–Kier alpha value is -3.34. The molecule has 1 aromatic heterocycles. The van der Waals surface area contributed by atoms with Crippen molar-refractivity contribution < 1.29 is 19.1 Å². The molecule has 2 heterocycles. The van der Waals surface area contributed by atoms with Crippen molar-refractivity contribution in [1.29, 1.82) is 0 Å². The number of carbonyl (C=O) groups is 2. The van der Waals surface area contributed by atoms with Gasteiger partial charge in [-0.1, -0.05) is 23.5 Å². The molecule has 4 rings (SSSR count). The van der Waals surface area contributed by atoms with E-state index in [9.17, 15) is 9.59 Å². The Morgan fingerprint density at radius 3 is 2.60 bits per heavy atom. The predicted molar refractivity (Wildman–Crippen MR) is 134 cm³/mol. The highest BCUT2D eigenvalue weighted by molar-refractivity contribution is 7.13. The van der Waals surface area contributed by atoms with Crippen molar-refractivity contribution in [3.8, 4) is 5.75 Å². The predicted octanol–water partition coefficient (Wildman–Crippen LogP) is 3.05. The zero-order valence-corrected chi connectivity index (χ0v) is 20.7. The van der Waals surface area contributed by atoms with Crippen molar-refractivity contribution in [3.63, 3.8) is 0 Å². The highest BCUT2D eigenvalue weighted by atomic mass is 32.1. The topological polar surface area (TPSA) is 106 Å². The second-order valence-electron chi connectivity index (χ2n) is 8.36. The first-order valence-corrected chi connectivity index (χ1v) is 12.3. The van der Waals surface area contributed by atoms with Crippen molar-refractivity contribution >= 4 is 28.8 Å². The van der Waals surface area contributed by atoms with Crippen LogP contribution in [0.4, 0.5) is 5.69 Å². The van der Waals surface area contributed by atoms with E-state index in [1.165, 1.54) is 11.3 Å². The van der Waals surface area contributed by atoms with Crippen LogP contribution in [-0.2, 0) is 11.3 Å². The molecule has 2 N–H and O–H groups in total. The van der Waals surface area contributed by atoms with E-state index < -0.39 is 0 Å². The number of hydrogen-bond acceptors (Lipinski definition) is 8. The summed E-state index contributed by atoms with van der Waals surface area (Å²) in [7, 11) is 0. The fourth-order valence-corrected chi connectivity index (χ4v) is 4.39. The molecule has 1 saturated heterocycles. The zero-order chi connectivity index (χ0) is 24.6. The van der Waals surface area contributed by atoms with E-state index in [-0.39, 0.29) is 23.4 Å². The van der Waals surface area contributed by atoms with Crippen LogP contribution < -0.4 is 15.4 Å². The minimum absolute atomic E-state index is 0.184. The fourth-order valence-electron chi connectivity index (χ4n) is 3.74. The first-order chi connectivity index (χ1) is 17.0. The monoisotopic (exact) mass is 495 g/mol. The summed E-state index contributed by atoms with van der Waals surface area (Å²) in [6, 6.07) is 12.8. The van der Waals surface area contributed by atoms with E-state index in [0.717, 1.165) is 49.7 Å². The van der Waals surface area contributed by atoms with Gasteiger partial charge >= 0.3 is 0 Å². The van der Waals surface area contributed by atoms with Crippen LogP contribution in [0.1, 0.15) is 36.3 Å². The van der Waals surface area contributed by atoms with Gasteiger partial charge in [0.1, 0.15) is 12.4 Å². The Morgan fingerprint density at radius 2 is 1.83 bits per heavy atom. The van der Waals surface area contributed by atoms with Crippen LogP contribution >= 0.6 is 11.3 Å². The largest absolute Gasteiger partial charge is 0.486 e. The Balaban J connectivity index is 1.28. The Bertz CT molecular complexity index is 1160. The van der Waals surface area contributed by atoms with Gasteiger partial charge in [-0.2, -0.15) is 0 Å². The van der Waals surface area contributed by atoms with Crippen LogP contribution in [0.15, 0.2) is 42.5 Å². The van der Waals surface area contributed by atoms with Gasteiger partial charge in [-0.25, -0.2) is 0 Å². The maximum absolute atomic E-state index is 12.7. The Morgan fingerprint density at radius 1 is 1.06 bits per heavy atom. The van der Waals surface area contributed by atoms with Crippen LogP contribution in [0.5, 0.6) is 5.75 Å². The molecule has 1 aliphatic rings. The molecule has 184 valence electrons. The van der Waals surface area contributed by atoms with E-state index in [0.29, 0.717) is 22.8 Å². The number of nitrogens with zero attached hydrogens (tertiary/aromatic N) is 3. The van der Waals surface area contributed by atoms with Gasteiger partial charge in [0.15, 0.2) is 5.01 Å². The number of ether oxygens (including phenoxy) is 2. The van der Waals surface area contributed by atoms with Crippen LogP contribution in [0.25, 0.3) is 0 Å². The summed E-state index contributed by atoms with van der Waals surface area (Å²) in [6.45, 7) is 8.79. The summed E-state index contributed by atoms with van der Waals surface area (Å²) in [5.41, 5.74) is 3.22. The second kappa shape index (κ2) is 11.9. The minimum Gasteiger partial charge on any atom is -0.486 e. The van der Waals surface area contributed by atoms with E-state index in [1.54, 1.807) is 24.3 Å². The third-order valence-corrected chi connectivity index (χ3v) is 6.31. The number of aromatic nitrogens is 2. The van der Waals surface area contributed by atoms with Crippen LogP contribution in [0, 0.1) is 13.8 Å². The fraction of sp³-hybridized carbons (Fsp3) is 0.360. The third kappa shape index (κ3) is 7.32. The van der Waals surface area contributed by atoms with Gasteiger partial charge in [0.25, 0.3) is 11.8 Å². The van der Waals surface area contributed by atoms with E-state index in [2.05, 4.69) is 31.8 Å². The smallest absolute Gasteiger partial charge is 0.286 e. The second-order valence-corrected chi connectivity index (χ2v) is 9.42. The zero-order valence-electron chi connectivity index (χ0n) is 19.9. The average Bonchev–Trinajstić information content (AvgIpc) is 3.32. The molecule has 1 fully saturated rings. The van der Waals surface area contributed by atoms with Crippen LogP contribution in [-0.4, -0.2) is 66.3 Å². The van der Waals surface area contributed by atoms with Gasteiger partial charge in [-0.3, -0.25) is 14.5 Å². The van der Waals surface area contributed by atoms with E-state index in [4.69, 9.17) is 9.47 Å². The normalized spacial score (nSPS) is 13.9. The van der Waals surface area contributed by atoms with Gasteiger partial charge in [0.05, 0.1) is 13.2 Å². The van der Waals surface area contributed by atoms with E-state index in [1.807, 2.05) is 26.0 Å². The molecule has 0 saturated carbocycles. The maximum atomic E-state index is 12.7. The van der Waals surface area contributed by atoms with Gasteiger partial charge in [-0.15, -0.1) is 10.2 Å². The summed E-state index contributed by atoms with van der Waals surface area (Å²) in [5, 5.41) is 14.6. The van der Waals surface area contributed by atoms with Crippen LogP contribution in [0.2, 0.25) is 0 Å².